The molecule has 54 heavy (non-hydrogen) atoms. The summed E-state index contributed by atoms with van der Waals surface area (Å²) in [6.07, 6.45) is 8.59. The van der Waals surface area contributed by atoms with Gasteiger partial charge in [-0.2, -0.15) is 4.57 Å². The number of aliphatic imine (C=N–C) groups is 1. The molecule has 0 radical (unpaired) electrons. The molecule has 11 rings (SSSR count). The molecule has 6 bridgehead atoms. The molecule has 5 heteroatoms. The number of pyridine rings is 1. The van der Waals surface area contributed by atoms with Gasteiger partial charge in [0.15, 0.2) is 17.9 Å². The highest BCUT2D eigenvalue weighted by Gasteiger charge is 2.37. The van der Waals surface area contributed by atoms with Crippen LogP contribution >= 0.6 is 0 Å². The Kier molecular flexibility index (Phi) is 6.79. The van der Waals surface area contributed by atoms with Crippen LogP contribution < -0.4 is 20.8 Å². The first-order valence-corrected chi connectivity index (χ1v) is 18.3. The highest BCUT2D eigenvalue weighted by atomic mass is 15.1. The van der Waals surface area contributed by atoms with E-state index in [4.69, 9.17) is 9.98 Å². The lowest BCUT2D eigenvalue weighted by molar-refractivity contribution is -0.579. The number of fused-ring (bicyclic) bond motifs is 4. The molecule has 0 saturated heterocycles. The molecule has 0 unspecified atom stereocenters. The van der Waals surface area contributed by atoms with Crippen molar-refractivity contribution in [2.45, 2.75) is 0 Å². The molecular formula is C49H32N5+. The molecule has 5 nitrogen and oxygen atoms in total. The van der Waals surface area contributed by atoms with Crippen LogP contribution in [0.4, 0.5) is 0 Å². The van der Waals surface area contributed by atoms with Crippen LogP contribution in [0.25, 0.3) is 39.1 Å². The standard InChI is InChI=1S/C49H32N5/c1-6-16-32(17-7-1)42-36-24-26-38(50-36)43(33-18-8-2-9-19-33)40-28-29-41-45(35-22-12-4-13-23-35)46-48(53-30-14-5-15-31-53)47(52-49(46)54(40)41)44(34-20-10-3-11-21-34)39-27-25-37(42)51-39/h1-31,51H/q+1. The summed E-state index contributed by atoms with van der Waals surface area (Å²) in [6.45, 7) is 0. The van der Waals surface area contributed by atoms with E-state index in [9.17, 15) is 0 Å². The predicted octanol–water partition coefficient (Wildman–Crippen LogP) is 7.67. The molecule has 3 aliphatic rings. The van der Waals surface area contributed by atoms with Crippen molar-refractivity contribution in [1.29, 1.82) is 0 Å². The molecule has 0 saturated carbocycles. The van der Waals surface area contributed by atoms with Gasteiger partial charge >= 0.3 is 0 Å². The zero-order chi connectivity index (χ0) is 35.6. The second-order valence-electron chi connectivity index (χ2n) is 13.7. The molecule has 4 aromatic carbocycles. The first-order chi connectivity index (χ1) is 26.8. The van der Waals surface area contributed by atoms with Crippen molar-refractivity contribution in [3.63, 3.8) is 0 Å². The summed E-state index contributed by atoms with van der Waals surface area (Å²) < 4.78 is 4.59. The Morgan fingerprint density at radius 2 is 1.02 bits per heavy atom. The first-order valence-electron chi connectivity index (χ1n) is 18.3. The Morgan fingerprint density at radius 1 is 0.463 bits per heavy atom. The molecule has 0 fully saturated rings. The first kappa shape index (κ1) is 30.3. The van der Waals surface area contributed by atoms with Crippen molar-refractivity contribution in [3.05, 3.63) is 244 Å². The van der Waals surface area contributed by atoms with E-state index in [1.165, 1.54) is 0 Å². The third-order valence-electron chi connectivity index (χ3n) is 10.6. The van der Waals surface area contributed by atoms with Gasteiger partial charge in [-0.15, -0.1) is 0 Å². The summed E-state index contributed by atoms with van der Waals surface area (Å²) in [5.74, 6) is 0. The third kappa shape index (κ3) is 4.62. The molecule has 1 N–H and O–H groups in total. The van der Waals surface area contributed by atoms with Gasteiger partial charge in [-0.25, -0.2) is 9.98 Å². The molecule has 0 amide bonds. The van der Waals surface area contributed by atoms with E-state index in [0.717, 1.165) is 100 Å². The van der Waals surface area contributed by atoms with Crippen LogP contribution in [0.5, 0.6) is 0 Å². The topological polar surface area (TPSA) is 48.8 Å². The minimum absolute atomic E-state index is 0.902. The van der Waals surface area contributed by atoms with Crippen molar-refractivity contribution in [2.75, 3.05) is 0 Å². The second kappa shape index (κ2) is 12.1. The van der Waals surface area contributed by atoms with Gasteiger partial charge in [0.1, 0.15) is 11.3 Å². The Hall–Kier alpha value is -7.37. The molecule has 3 aliphatic heterocycles. The minimum atomic E-state index is 0.902. The SMILES string of the molecule is C1=CC2=C(c3ccccc3)c3ccc4c(-c5ccccc5)c5c(n34)=NC(=C5[n+]3ccccc3)C(c3ccccc3)=c3ccc([nH]3)=C(c3ccccc3)C1=N2. The number of allylic oxidation sites excluding steroid dienone is 3. The number of nitrogens with one attached hydrogen (secondary N) is 1. The van der Waals surface area contributed by atoms with E-state index in [1.54, 1.807) is 0 Å². The average Bonchev–Trinajstić information content (AvgIpc) is 4.08. The van der Waals surface area contributed by atoms with Crippen LogP contribution in [-0.4, -0.2) is 15.1 Å². The number of nitrogens with zero attached hydrogens (tertiary/aromatic N) is 4. The number of rotatable bonds is 5. The summed E-state index contributed by atoms with van der Waals surface area (Å²) >= 11 is 0. The van der Waals surface area contributed by atoms with E-state index in [0.29, 0.717) is 0 Å². The smallest absolute Gasteiger partial charge is 0.249 e. The highest BCUT2D eigenvalue weighted by molar-refractivity contribution is 6.30. The third-order valence-corrected chi connectivity index (χ3v) is 10.6. The van der Waals surface area contributed by atoms with Crippen LogP contribution in [0.3, 0.4) is 0 Å². The lowest BCUT2D eigenvalue weighted by Crippen LogP contribution is -2.33. The van der Waals surface area contributed by atoms with Gasteiger partial charge in [0.25, 0.3) is 0 Å². The molecule has 252 valence electrons. The predicted molar refractivity (Wildman–Crippen MR) is 216 cm³/mol. The summed E-state index contributed by atoms with van der Waals surface area (Å²) in [7, 11) is 0. The van der Waals surface area contributed by atoms with Crippen LogP contribution in [0.2, 0.25) is 0 Å². The van der Waals surface area contributed by atoms with Crippen LogP contribution in [0.15, 0.2) is 210 Å². The maximum absolute atomic E-state index is 5.75. The lowest BCUT2D eigenvalue weighted by Gasteiger charge is -2.11. The number of hydrogen-bond donors (Lipinski definition) is 1. The fourth-order valence-corrected chi connectivity index (χ4v) is 8.31. The number of H-pyrrole nitrogens is 1. The Labute approximate surface area is 311 Å². The zero-order valence-electron chi connectivity index (χ0n) is 29.2. The van der Waals surface area contributed by atoms with E-state index in [-0.39, 0.29) is 0 Å². The zero-order valence-corrected chi connectivity index (χ0v) is 29.2. The second-order valence-corrected chi connectivity index (χ2v) is 13.7. The van der Waals surface area contributed by atoms with Gasteiger partial charge in [-0.05, 0) is 58.7 Å². The van der Waals surface area contributed by atoms with Crippen LogP contribution in [0.1, 0.15) is 27.9 Å². The number of aromatic nitrogens is 3. The van der Waals surface area contributed by atoms with Crippen LogP contribution in [0, 0.1) is 0 Å². The Morgan fingerprint density at radius 3 is 1.67 bits per heavy atom. The molecule has 4 aromatic heterocycles. The maximum Gasteiger partial charge on any atom is 0.249 e. The normalized spacial score (nSPS) is 14.6. The molecule has 0 spiro atoms. The fourth-order valence-electron chi connectivity index (χ4n) is 8.31. The van der Waals surface area contributed by atoms with Gasteiger partial charge in [0, 0.05) is 45.1 Å². The Bertz CT molecular complexity index is 3090. The maximum atomic E-state index is 5.75. The summed E-state index contributed by atoms with van der Waals surface area (Å²) in [4.78, 5) is 15.1. The fraction of sp³-hybridized carbons (Fsp3) is 0. The van der Waals surface area contributed by atoms with E-state index in [1.807, 2.05) is 0 Å². The van der Waals surface area contributed by atoms with Gasteiger partial charge < -0.3 is 4.98 Å². The van der Waals surface area contributed by atoms with Crippen molar-refractivity contribution in [2.24, 2.45) is 9.98 Å². The van der Waals surface area contributed by atoms with Crippen molar-refractivity contribution in [1.82, 2.24) is 9.38 Å². The van der Waals surface area contributed by atoms with Crippen LogP contribution in [-0.2, 0) is 0 Å². The molecule has 0 atom stereocenters. The van der Waals surface area contributed by atoms with E-state index in [2.05, 4.69) is 202 Å². The van der Waals surface area contributed by atoms with Gasteiger partial charge in [-0.1, -0.05) is 127 Å². The largest absolute Gasteiger partial charge is 0.354 e. The molecule has 7 heterocycles. The average molecular weight is 691 g/mol. The summed E-state index contributed by atoms with van der Waals surface area (Å²) in [5, 5.41) is 1.97. The van der Waals surface area contributed by atoms with Gasteiger partial charge in [0.2, 0.25) is 5.70 Å². The van der Waals surface area contributed by atoms with Crippen molar-refractivity contribution in [3.8, 4) is 11.1 Å². The van der Waals surface area contributed by atoms with Gasteiger partial charge in [-0.3, -0.25) is 4.40 Å². The number of aromatic amines is 1. The lowest BCUT2D eigenvalue weighted by atomic mass is 9.96. The molecule has 0 aliphatic carbocycles. The molecule has 8 aromatic rings. The summed E-state index contributed by atoms with van der Waals surface area (Å²) in [5.41, 5.74) is 16.6. The molecular weight excluding hydrogens is 659 g/mol. The van der Waals surface area contributed by atoms with E-state index >= 15 is 0 Å². The summed E-state index contributed by atoms with van der Waals surface area (Å²) in [6, 6.07) is 57.7. The van der Waals surface area contributed by atoms with E-state index < -0.39 is 0 Å². The highest BCUT2D eigenvalue weighted by Crippen LogP contribution is 2.41. The number of benzene rings is 4. The quantitative estimate of drug-likeness (QED) is 0.180. The monoisotopic (exact) mass is 690 g/mol. The minimum Gasteiger partial charge on any atom is -0.354 e. The number of hydrogen-bond acceptors (Lipinski definition) is 2. The van der Waals surface area contributed by atoms with Gasteiger partial charge in [0.05, 0.1) is 22.6 Å². The Balaban J connectivity index is 1.38. The van der Waals surface area contributed by atoms with Crippen molar-refractivity contribution < 1.29 is 4.57 Å². The van der Waals surface area contributed by atoms with Crippen molar-refractivity contribution >= 4 is 33.6 Å².